The Morgan fingerprint density at radius 3 is 2.21 bits per heavy atom. The van der Waals surface area contributed by atoms with Gasteiger partial charge in [0.15, 0.2) is 0 Å². The Bertz CT molecular complexity index is 441. The van der Waals surface area contributed by atoms with E-state index in [1.165, 1.54) is 0 Å². The summed E-state index contributed by atoms with van der Waals surface area (Å²) >= 11 is 0. The van der Waals surface area contributed by atoms with Crippen LogP contribution in [0.25, 0.3) is 0 Å². The molecule has 1 aromatic heterocycles. The zero-order chi connectivity index (χ0) is 14.4. The van der Waals surface area contributed by atoms with Crippen molar-refractivity contribution in [3.05, 3.63) is 23.5 Å². The molecule has 0 radical (unpaired) electrons. The van der Waals surface area contributed by atoms with E-state index in [2.05, 4.69) is 15.6 Å². The Labute approximate surface area is 107 Å². The topological polar surface area (TPSA) is 54.0 Å². The molecule has 106 valence electrons. The van der Waals surface area contributed by atoms with E-state index in [0.29, 0.717) is 6.54 Å². The number of amides is 1. The van der Waals surface area contributed by atoms with Gasteiger partial charge in [0, 0.05) is 19.5 Å². The molecule has 0 fully saturated rings. The highest BCUT2D eigenvalue weighted by Crippen LogP contribution is 2.21. The third-order valence-electron chi connectivity index (χ3n) is 2.22. The number of hydrogen-bond acceptors (Lipinski definition) is 3. The zero-order valence-electron chi connectivity index (χ0n) is 10.2. The molecule has 1 aromatic rings. The second-order valence-corrected chi connectivity index (χ2v) is 3.72. The first-order valence-corrected chi connectivity index (χ1v) is 5.68. The highest BCUT2D eigenvalue weighted by Gasteiger charge is 2.20. The van der Waals surface area contributed by atoms with Crippen LogP contribution in [0.2, 0.25) is 0 Å². The maximum absolute atomic E-state index is 13.2. The van der Waals surface area contributed by atoms with Crippen LogP contribution < -0.4 is 10.6 Å². The molecule has 2 N–H and O–H groups in total. The monoisotopic (exact) mass is 279 g/mol. The van der Waals surface area contributed by atoms with E-state index in [1.807, 2.05) is 6.92 Å². The van der Waals surface area contributed by atoms with Crippen molar-refractivity contribution < 1.29 is 22.4 Å². The van der Waals surface area contributed by atoms with Gasteiger partial charge in [-0.25, -0.2) is 0 Å². The minimum atomic E-state index is -1.74. The van der Waals surface area contributed by atoms with Gasteiger partial charge in [-0.3, -0.25) is 4.79 Å². The van der Waals surface area contributed by atoms with Gasteiger partial charge < -0.3 is 10.6 Å². The quantitative estimate of drug-likeness (QED) is 0.618. The normalized spacial score (nSPS) is 10.4. The number of aromatic nitrogens is 1. The average Bonchev–Trinajstić information content (AvgIpc) is 2.38. The minimum Gasteiger partial charge on any atom is -0.379 e. The smallest absolute Gasteiger partial charge is 0.253 e. The van der Waals surface area contributed by atoms with Gasteiger partial charge in [-0.05, 0) is 6.42 Å². The van der Waals surface area contributed by atoms with Gasteiger partial charge in [-0.2, -0.15) is 22.5 Å². The molecular weight excluding hydrogens is 266 g/mol. The number of carbonyl (C=O) groups excluding carboxylic acids is 1. The summed E-state index contributed by atoms with van der Waals surface area (Å²) in [4.78, 5) is 13.6. The maximum Gasteiger partial charge on any atom is 0.253 e. The largest absolute Gasteiger partial charge is 0.379 e. The van der Waals surface area contributed by atoms with Crippen molar-refractivity contribution in [1.82, 2.24) is 10.3 Å². The van der Waals surface area contributed by atoms with E-state index < -0.39 is 29.2 Å². The maximum atomic E-state index is 13.2. The van der Waals surface area contributed by atoms with Gasteiger partial charge in [0.2, 0.25) is 17.5 Å². The molecule has 0 aliphatic carbocycles. The van der Waals surface area contributed by atoms with Crippen molar-refractivity contribution in [2.24, 2.45) is 0 Å². The summed E-state index contributed by atoms with van der Waals surface area (Å²) in [5, 5.41) is 4.68. The number of halogens is 4. The van der Waals surface area contributed by atoms with E-state index in [-0.39, 0.29) is 18.9 Å². The molecule has 1 heterocycles. The second-order valence-electron chi connectivity index (χ2n) is 3.72. The molecule has 0 saturated carbocycles. The fourth-order valence-corrected chi connectivity index (χ4v) is 1.30. The Morgan fingerprint density at radius 1 is 1.11 bits per heavy atom. The summed E-state index contributed by atoms with van der Waals surface area (Å²) < 4.78 is 51.8. The van der Waals surface area contributed by atoms with Gasteiger partial charge in [-0.1, -0.05) is 6.92 Å². The van der Waals surface area contributed by atoms with Gasteiger partial charge in [0.05, 0.1) is 0 Å². The first-order chi connectivity index (χ1) is 8.97. The second kappa shape index (κ2) is 6.91. The number of pyridine rings is 1. The fraction of sp³-hybridized carbons (Fsp3) is 0.455. The third-order valence-corrected chi connectivity index (χ3v) is 2.22. The Balaban J connectivity index is 2.61. The van der Waals surface area contributed by atoms with E-state index in [4.69, 9.17) is 0 Å². The summed E-state index contributed by atoms with van der Waals surface area (Å²) in [6.07, 6.45) is 0.674. The zero-order valence-corrected chi connectivity index (χ0v) is 10.2. The minimum absolute atomic E-state index is 0.0789. The van der Waals surface area contributed by atoms with Crippen molar-refractivity contribution in [2.45, 2.75) is 19.8 Å². The highest BCUT2D eigenvalue weighted by molar-refractivity contribution is 5.76. The molecule has 1 amide bonds. The Hall–Kier alpha value is -1.86. The summed E-state index contributed by atoms with van der Waals surface area (Å²) in [5.74, 6) is -7.04. The van der Waals surface area contributed by atoms with Crippen LogP contribution in [0.4, 0.5) is 23.2 Å². The van der Waals surface area contributed by atoms with Crippen LogP contribution in [0, 0.1) is 23.5 Å². The molecule has 0 aliphatic heterocycles. The number of anilines is 1. The summed E-state index contributed by atoms with van der Waals surface area (Å²) in [7, 11) is 0. The highest BCUT2D eigenvalue weighted by atomic mass is 19.2. The van der Waals surface area contributed by atoms with Crippen LogP contribution in [0.1, 0.15) is 19.8 Å². The molecule has 0 atom stereocenters. The number of hydrogen-bond donors (Lipinski definition) is 2. The Morgan fingerprint density at radius 2 is 1.68 bits per heavy atom. The molecule has 0 saturated heterocycles. The molecule has 19 heavy (non-hydrogen) atoms. The lowest BCUT2D eigenvalue weighted by atomic mass is 10.3. The van der Waals surface area contributed by atoms with Crippen molar-refractivity contribution in [3.8, 4) is 0 Å². The molecule has 0 unspecified atom stereocenters. The molecule has 0 aromatic carbocycles. The molecule has 0 aliphatic rings. The average molecular weight is 279 g/mol. The van der Waals surface area contributed by atoms with Crippen LogP contribution in [0.15, 0.2) is 0 Å². The van der Waals surface area contributed by atoms with Crippen molar-refractivity contribution in [3.63, 3.8) is 0 Å². The number of rotatable bonds is 6. The van der Waals surface area contributed by atoms with Crippen LogP contribution in [0.3, 0.4) is 0 Å². The number of nitrogens with zero attached hydrogens (tertiary/aromatic N) is 1. The summed E-state index contributed by atoms with van der Waals surface area (Å²) in [5.41, 5.74) is -0.965. The van der Waals surface area contributed by atoms with Crippen molar-refractivity contribution in [2.75, 3.05) is 18.4 Å². The van der Waals surface area contributed by atoms with Gasteiger partial charge >= 0.3 is 0 Å². The number of nitrogens with one attached hydrogen (secondary N) is 2. The lowest BCUT2D eigenvalue weighted by Gasteiger charge is -2.09. The van der Waals surface area contributed by atoms with E-state index in [9.17, 15) is 22.4 Å². The fourth-order valence-electron chi connectivity index (χ4n) is 1.30. The Kier molecular flexibility index (Phi) is 5.53. The van der Waals surface area contributed by atoms with Gasteiger partial charge in [0.25, 0.3) is 11.9 Å². The van der Waals surface area contributed by atoms with Crippen LogP contribution >= 0.6 is 0 Å². The molecule has 1 rings (SSSR count). The molecule has 4 nitrogen and oxygen atoms in total. The molecule has 8 heteroatoms. The first kappa shape index (κ1) is 15.2. The van der Waals surface area contributed by atoms with Gasteiger partial charge in [0.1, 0.15) is 5.69 Å². The molecule has 0 bridgehead atoms. The first-order valence-electron chi connectivity index (χ1n) is 5.68. The van der Waals surface area contributed by atoms with Crippen LogP contribution in [0.5, 0.6) is 0 Å². The van der Waals surface area contributed by atoms with Gasteiger partial charge in [-0.15, -0.1) is 0 Å². The van der Waals surface area contributed by atoms with Crippen molar-refractivity contribution >= 4 is 11.6 Å². The SMILES string of the molecule is CCCNC(=O)CCNc1c(F)c(F)nc(F)c1F. The summed E-state index contributed by atoms with van der Waals surface area (Å²) in [6.45, 7) is 2.19. The number of carbonyl (C=O) groups is 1. The van der Waals surface area contributed by atoms with E-state index in [1.54, 1.807) is 0 Å². The third kappa shape index (κ3) is 4.08. The predicted octanol–water partition coefficient (Wildman–Crippen LogP) is 1.97. The van der Waals surface area contributed by atoms with Crippen LogP contribution in [-0.2, 0) is 4.79 Å². The van der Waals surface area contributed by atoms with E-state index in [0.717, 1.165) is 6.42 Å². The van der Waals surface area contributed by atoms with Crippen molar-refractivity contribution in [1.29, 1.82) is 0 Å². The standard InChI is InChI=1S/C11H13F4N3O/c1-2-4-16-6(19)3-5-17-9-7(12)10(14)18-11(15)8(9)13/h2-5H2,1H3,(H,16,19)(H,17,18). The lowest BCUT2D eigenvalue weighted by Crippen LogP contribution is -2.26. The van der Waals surface area contributed by atoms with E-state index >= 15 is 0 Å². The lowest BCUT2D eigenvalue weighted by molar-refractivity contribution is -0.120. The summed E-state index contributed by atoms with van der Waals surface area (Å²) in [6, 6.07) is 0. The predicted molar refractivity (Wildman–Crippen MR) is 60.5 cm³/mol. The molecule has 0 spiro atoms. The molecular formula is C11H13F4N3O. The van der Waals surface area contributed by atoms with Crippen LogP contribution in [-0.4, -0.2) is 24.0 Å².